The molecule has 1 aromatic heterocycles. The molecule has 0 aromatic carbocycles. The van der Waals surface area contributed by atoms with Gasteiger partial charge in [-0.3, -0.25) is 4.79 Å². The molecule has 0 bridgehead atoms. The van der Waals surface area contributed by atoms with Crippen LogP contribution in [-0.4, -0.2) is 35.3 Å². The molecule has 1 aliphatic rings. The molecule has 5 nitrogen and oxygen atoms in total. The first kappa shape index (κ1) is 12.2. The van der Waals surface area contributed by atoms with Crippen molar-refractivity contribution in [2.75, 3.05) is 24.5 Å². The summed E-state index contributed by atoms with van der Waals surface area (Å²) in [6.45, 7) is 6.20. The molecule has 1 aromatic rings. The number of anilines is 1. The van der Waals surface area contributed by atoms with Crippen molar-refractivity contribution < 1.29 is 4.79 Å². The van der Waals surface area contributed by atoms with Crippen molar-refractivity contribution in [2.24, 2.45) is 5.92 Å². The van der Waals surface area contributed by atoms with E-state index in [0.717, 1.165) is 18.9 Å². The summed E-state index contributed by atoms with van der Waals surface area (Å²) in [6.07, 6.45) is 8.42. The van der Waals surface area contributed by atoms with Gasteiger partial charge in [-0.1, -0.05) is 12.5 Å². The predicted octanol–water partition coefficient (Wildman–Crippen LogP) is 0.255. The number of nitrogens with one attached hydrogen (secondary N) is 1. The SMILES string of the molecule is C#CCN1CC(CNC(=O)C=C)Cn2nccc21. The van der Waals surface area contributed by atoms with Gasteiger partial charge in [0.2, 0.25) is 5.91 Å². The van der Waals surface area contributed by atoms with Gasteiger partial charge in [-0.2, -0.15) is 5.10 Å². The van der Waals surface area contributed by atoms with Crippen LogP contribution >= 0.6 is 0 Å². The van der Waals surface area contributed by atoms with E-state index in [1.807, 2.05) is 10.7 Å². The highest BCUT2D eigenvalue weighted by atomic mass is 16.1. The van der Waals surface area contributed by atoms with Gasteiger partial charge >= 0.3 is 0 Å². The van der Waals surface area contributed by atoms with Crippen molar-refractivity contribution in [3.05, 3.63) is 24.9 Å². The van der Waals surface area contributed by atoms with Crippen LogP contribution in [-0.2, 0) is 11.3 Å². The standard InChI is InChI=1S/C13H16N4O/c1-3-7-16-9-11(8-14-12(18)4-2)10-17-13(16)5-6-15-17/h1,4-6,11H,2,7-10H2,(H,14,18). The second kappa shape index (κ2) is 5.41. The molecule has 1 amide bonds. The monoisotopic (exact) mass is 244 g/mol. The molecule has 5 heteroatoms. The Hall–Kier alpha value is -2.22. The normalized spacial score (nSPS) is 17.7. The van der Waals surface area contributed by atoms with Crippen LogP contribution in [0.25, 0.3) is 0 Å². The summed E-state index contributed by atoms with van der Waals surface area (Å²) in [6, 6.07) is 1.95. The molecule has 18 heavy (non-hydrogen) atoms. The van der Waals surface area contributed by atoms with Crippen molar-refractivity contribution in [3.63, 3.8) is 0 Å². The van der Waals surface area contributed by atoms with Gasteiger partial charge in [-0.15, -0.1) is 6.42 Å². The third kappa shape index (κ3) is 2.54. The maximum absolute atomic E-state index is 11.2. The Balaban J connectivity index is 2.03. The van der Waals surface area contributed by atoms with Crippen molar-refractivity contribution >= 4 is 11.7 Å². The van der Waals surface area contributed by atoms with Gasteiger partial charge < -0.3 is 10.2 Å². The van der Waals surface area contributed by atoms with Crippen LogP contribution in [0.3, 0.4) is 0 Å². The summed E-state index contributed by atoms with van der Waals surface area (Å²) >= 11 is 0. The van der Waals surface area contributed by atoms with Crippen molar-refractivity contribution in [3.8, 4) is 12.3 Å². The second-order valence-electron chi connectivity index (χ2n) is 4.27. The topological polar surface area (TPSA) is 50.2 Å². The van der Waals surface area contributed by atoms with Gasteiger partial charge in [-0.05, 0) is 6.08 Å². The molecule has 0 radical (unpaired) electrons. The number of hydrogen-bond donors (Lipinski definition) is 1. The highest BCUT2D eigenvalue weighted by molar-refractivity contribution is 5.86. The number of amides is 1. The van der Waals surface area contributed by atoms with E-state index in [4.69, 9.17) is 6.42 Å². The Morgan fingerprint density at radius 3 is 3.28 bits per heavy atom. The largest absolute Gasteiger partial charge is 0.352 e. The summed E-state index contributed by atoms with van der Waals surface area (Å²) in [5.41, 5.74) is 0. The summed E-state index contributed by atoms with van der Waals surface area (Å²) in [7, 11) is 0. The average Bonchev–Trinajstić information content (AvgIpc) is 2.84. The minimum absolute atomic E-state index is 0.148. The van der Waals surface area contributed by atoms with E-state index in [9.17, 15) is 4.79 Å². The quantitative estimate of drug-likeness (QED) is 0.610. The van der Waals surface area contributed by atoms with E-state index in [0.29, 0.717) is 19.0 Å². The van der Waals surface area contributed by atoms with Gasteiger partial charge in [0.25, 0.3) is 0 Å². The fourth-order valence-electron chi connectivity index (χ4n) is 2.14. The van der Waals surface area contributed by atoms with Gasteiger partial charge in [-0.25, -0.2) is 4.68 Å². The molecule has 1 aliphatic heterocycles. The highest BCUT2D eigenvalue weighted by Gasteiger charge is 2.24. The molecule has 1 N–H and O–H groups in total. The summed E-state index contributed by atoms with van der Waals surface area (Å²) in [5.74, 6) is 3.84. The first-order valence-electron chi connectivity index (χ1n) is 5.85. The third-order valence-corrected chi connectivity index (χ3v) is 2.96. The highest BCUT2D eigenvalue weighted by Crippen LogP contribution is 2.21. The number of fused-ring (bicyclic) bond motifs is 1. The zero-order chi connectivity index (χ0) is 13.0. The van der Waals surface area contributed by atoms with E-state index in [2.05, 4.69) is 27.8 Å². The van der Waals surface area contributed by atoms with Crippen molar-refractivity contribution in [1.29, 1.82) is 0 Å². The summed E-state index contributed by atoms with van der Waals surface area (Å²) in [4.78, 5) is 13.3. The Morgan fingerprint density at radius 1 is 1.72 bits per heavy atom. The Bertz CT molecular complexity index is 485. The number of hydrogen-bond acceptors (Lipinski definition) is 3. The lowest BCUT2D eigenvalue weighted by Crippen LogP contribution is -2.43. The van der Waals surface area contributed by atoms with Crippen LogP contribution in [0.4, 0.5) is 5.82 Å². The first-order chi connectivity index (χ1) is 8.74. The van der Waals surface area contributed by atoms with E-state index in [1.54, 1.807) is 6.20 Å². The Kier molecular flexibility index (Phi) is 3.68. The molecular formula is C13H16N4O. The Morgan fingerprint density at radius 2 is 2.56 bits per heavy atom. The van der Waals surface area contributed by atoms with Crippen LogP contribution in [0.5, 0.6) is 0 Å². The predicted molar refractivity (Wildman–Crippen MR) is 70.0 cm³/mol. The molecular weight excluding hydrogens is 228 g/mol. The number of carbonyl (C=O) groups is 1. The van der Waals surface area contributed by atoms with Crippen LogP contribution in [0, 0.1) is 18.3 Å². The minimum Gasteiger partial charge on any atom is -0.352 e. The minimum atomic E-state index is -0.148. The number of rotatable bonds is 4. The zero-order valence-electron chi connectivity index (χ0n) is 10.2. The number of aromatic nitrogens is 2. The Labute approximate surface area is 106 Å². The summed E-state index contributed by atoms with van der Waals surface area (Å²) < 4.78 is 1.92. The van der Waals surface area contributed by atoms with E-state index >= 15 is 0 Å². The molecule has 1 unspecified atom stereocenters. The van der Waals surface area contributed by atoms with Crippen LogP contribution in [0.2, 0.25) is 0 Å². The molecule has 0 saturated heterocycles. The fraction of sp³-hybridized carbons (Fsp3) is 0.385. The van der Waals surface area contributed by atoms with Crippen LogP contribution in [0.15, 0.2) is 24.9 Å². The third-order valence-electron chi connectivity index (χ3n) is 2.96. The van der Waals surface area contributed by atoms with Crippen molar-refractivity contribution in [2.45, 2.75) is 6.54 Å². The van der Waals surface area contributed by atoms with Gasteiger partial charge in [0, 0.05) is 31.6 Å². The zero-order valence-corrected chi connectivity index (χ0v) is 10.2. The van der Waals surface area contributed by atoms with Crippen LogP contribution in [0.1, 0.15) is 0 Å². The molecule has 0 aliphatic carbocycles. The molecule has 2 heterocycles. The van der Waals surface area contributed by atoms with E-state index in [-0.39, 0.29) is 5.91 Å². The maximum Gasteiger partial charge on any atom is 0.243 e. The molecule has 0 fully saturated rings. The summed E-state index contributed by atoms with van der Waals surface area (Å²) in [5, 5.41) is 7.07. The molecule has 94 valence electrons. The van der Waals surface area contributed by atoms with Crippen LogP contribution < -0.4 is 10.2 Å². The van der Waals surface area contributed by atoms with Gasteiger partial charge in [0.1, 0.15) is 5.82 Å². The lowest BCUT2D eigenvalue weighted by molar-refractivity contribution is -0.116. The molecule has 1 atom stereocenters. The average molecular weight is 244 g/mol. The van der Waals surface area contributed by atoms with E-state index < -0.39 is 0 Å². The second-order valence-corrected chi connectivity index (χ2v) is 4.27. The number of nitrogens with zero attached hydrogens (tertiary/aromatic N) is 3. The van der Waals surface area contributed by atoms with E-state index in [1.165, 1.54) is 6.08 Å². The molecule has 2 rings (SSSR count). The van der Waals surface area contributed by atoms with Gasteiger partial charge in [0.05, 0.1) is 12.7 Å². The molecule has 0 saturated carbocycles. The van der Waals surface area contributed by atoms with Crippen molar-refractivity contribution in [1.82, 2.24) is 15.1 Å². The maximum atomic E-state index is 11.2. The lowest BCUT2D eigenvalue weighted by atomic mass is 10.1. The first-order valence-corrected chi connectivity index (χ1v) is 5.85. The lowest BCUT2D eigenvalue weighted by Gasteiger charge is -2.33. The fourth-order valence-corrected chi connectivity index (χ4v) is 2.14. The molecule has 0 spiro atoms. The smallest absolute Gasteiger partial charge is 0.243 e. The number of carbonyl (C=O) groups excluding carboxylic acids is 1. The van der Waals surface area contributed by atoms with Gasteiger partial charge in [0.15, 0.2) is 0 Å². The number of terminal acetylenes is 1.